The molecule has 0 radical (unpaired) electrons. The van der Waals surface area contributed by atoms with Crippen LogP contribution in [0.2, 0.25) is 0 Å². The highest BCUT2D eigenvalue weighted by Crippen LogP contribution is 2.39. The van der Waals surface area contributed by atoms with Gasteiger partial charge in [0.2, 0.25) is 5.82 Å². The Kier molecular flexibility index (Phi) is 5.25. The van der Waals surface area contributed by atoms with Crippen molar-refractivity contribution in [2.45, 2.75) is 52.6 Å². The molecule has 5 heteroatoms. The molecule has 0 saturated heterocycles. The van der Waals surface area contributed by atoms with E-state index in [4.69, 9.17) is 0 Å². The fourth-order valence-corrected chi connectivity index (χ4v) is 3.87. The second-order valence-corrected chi connectivity index (χ2v) is 10.2. The SMILES string of the molecule is CC(C)(C)N([O-])c1cc(-c2c3ccccc3cc3ccccc23)cc([N+](=O)C(C)(C)C)n1. The van der Waals surface area contributed by atoms with E-state index < -0.39 is 11.1 Å². The van der Waals surface area contributed by atoms with Crippen molar-refractivity contribution in [3.05, 3.63) is 76.8 Å². The van der Waals surface area contributed by atoms with E-state index in [9.17, 15) is 10.1 Å². The standard InChI is InChI=1S/C27H29N3O2/c1-26(2,3)29(31)23-16-20(17-24(28-23)30(32)27(4,5)6)25-21-13-9-7-11-18(21)15-19-12-8-10-14-22(19)25/h7-17H,1-6H3. The predicted molar refractivity (Wildman–Crippen MR) is 133 cm³/mol. The van der Waals surface area contributed by atoms with Gasteiger partial charge in [-0.15, -0.1) is 0 Å². The Morgan fingerprint density at radius 2 is 1.34 bits per heavy atom. The summed E-state index contributed by atoms with van der Waals surface area (Å²) in [5.41, 5.74) is 0.402. The van der Waals surface area contributed by atoms with Gasteiger partial charge in [-0.3, -0.25) is 0 Å². The number of anilines is 1. The first kappa shape index (κ1) is 21.9. The molecule has 5 nitrogen and oxygen atoms in total. The first-order valence-electron chi connectivity index (χ1n) is 10.8. The van der Waals surface area contributed by atoms with Gasteiger partial charge in [0.15, 0.2) is 0 Å². The Labute approximate surface area is 188 Å². The van der Waals surface area contributed by atoms with Crippen molar-refractivity contribution in [3.8, 4) is 11.1 Å². The Hall–Kier alpha value is -3.31. The minimum absolute atomic E-state index is 0.229. The summed E-state index contributed by atoms with van der Waals surface area (Å²) in [6, 6.07) is 22.1. The maximum absolute atomic E-state index is 13.1. The number of hydrogen-bond donors (Lipinski definition) is 0. The van der Waals surface area contributed by atoms with Crippen molar-refractivity contribution < 1.29 is 4.76 Å². The number of benzene rings is 3. The minimum atomic E-state index is -0.695. The number of pyridine rings is 1. The molecule has 0 aliphatic heterocycles. The molecule has 0 aliphatic rings. The second kappa shape index (κ2) is 7.68. The quantitative estimate of drug-likeness (QED) is 0.195. The van der Waals surface area contributed by atoms with E-state index in [0.29, 0.717) is 0 Å². The predicted octanol–water partition coefficient (Wildman–Crippen LogP) is 7.37. The van der Waals surface area contributed by atoms with Crippen molar-refractivity contribution in [2.75, 3.05) is 5.06 Å². The highest BCUT2D eigenvalue weighted by molar-refractivity contribution is 6.12. The molecule has 0 N–H and O–H groups in total. The number of nitroso groups, excluding NO2 is 1. The topological polar surface area (TPSA) is 59.3 Å². The Morgan fingerprint density at radius 3 is 1.84 bits per heavy atom. The lowest BCUT2D eigenvalue weighted by molar-refractivity contribution is -0.543. The van der Waals surface area contributed by atoms with E-state index in [1.165, 1.54) is 0 Å². The van der Waals surface area contributed by atoms with E-state index in [2.05, 4.69) is 35.3 Å². The van der Waals surface area contributed by atoms with Crippen molar-refractivity contribution in [3.63, 3.8) is 0 Å². The Balaban J connectivity index is 2.09. The number of hydrogen-bond acceptors (Lipinski definition) is 4. The number of aromatic nitrogens is 1. The van der Waals surface area contributed by atoms with Crippen LogP contribution in [0.15, 0.2) is 66.7 Å². The molecule has 164 valence electrons. The second-order valence-electron chi connectivity index (χ2n) is 10.2. The third kappa shape index (κ3) is 3.96. The van der Waals surface area contributed by atoms with Gasteiger partial charge in [0.25, 0.3) is 0 Å². The van der Waals surface area contributed by atoms with Crippen LogP contribution >= 0.6 is 0 Å². The molecule has 0 unspecified atom stereocenters. The molecule has 0 fully saturated rings. The number of rotatable bonds is 3. The zero-order chi connectivity index (χ0) is 23.3. The maximum Gasteiger partial charge on any atom is 0.364 e. The lowest BCUT2D eigenvalue weighted by atomic mass is 9.92. The Bertz CT molecular complexity index is 1280. The molecule has 4 rings (SSSR count). The van der Waals surface area contributed by atoms with Gasteiger partial charge in [-0.05, 0) is 90.0 Å². The van der Waals surface area contributed by atoms with Crippen LogP contribution in [0, 0.1) is 10.1 Å². The van der Waals surface area contributed by atoms with E-state index in [1.54, 1.807) is 12.1 Å². The van der Waals surface area contributed by atoms with Gasteiger partial charge < -0.3 is 10.3 Å². The van der Waals surface area contributed by atoms with Gasteiger partial charge in [0.05, 0.1) is 0 Å². The van der Waals surface area contributed by atoms with Gasteiger partial charge in [0, 0.05) is 17.7 Å². The molecule has 0 amide bonds. The zero-order valence-corrected chi connectivity index (χ0v) is 19.5. The molecular formula is C27H29N3O2. The van der Waals surface area contributed by atoms with E-state index in [-0.39, 0.29) is 11.6 Å². The van der Waals surface area contributed by atoms with Gasteiger partial charge in [-0.2, -0.15) is 0 Å². The average Bonchev–Trinajstić information content (AvgIpc) is 2.74. The van der Waals surface area contributed by atoms with Crippen LogP contribution in [0.25, 0.3) is 32.7 Å². The van der Waals surface area contributed by atoms with E-state index >= 15 is 0 Å². The van der Waals surface area contributed by atoms with Crippen LogP contribution in [0.5, 0.6) is 0 Å². The molecule has 0 spiro atoms. The summed E-state index contributed by atoms with van der Waals surface area (Å²) < 4.78 is 0.879. The zero-order valence-electron chi connectivity index (χ0n) is 19.5. The molecular weight excluding hydrogens is 398 g/mol. The maximum atomic E-state index is 13.1. The molecule has 1 heterocycles. The van der Waals surface area contributed by atoms with E-state index in [1.807, 2.05) is 65.8 Å². The summed E-state index contributed by atoms with van der Waals surface area (Å²) in [6.45, 7) is 11.0. The van der Waals surface area contributed by atoms with Crippen LogP contribution in [0.3, 0.4) is 0 Å². The monoisotopic (exact) mass is 427 g/mol. The van der Waals surface area contributed by atoms with Crippen molar-refractivity contribution >= 4 is 33.2 Å². The molecule has 0 aliphatic carbocycles. The Morgan fingerprint density at radius 1 is 0.812 bits per heavy atom. The summed E-state index contributed by atoms with van der Waals surface area (Å²) in [4.78, 5) is 17.6. The first-order chi connectivity index (χ1) is 15.0. The molecule has 0 saturated carbocycles. The molecule has 0 atom stereocenters. The minimum Gasteiger partial charge on any atom is -0.755 e. The molecule has 3 aromatic carbocycles. The van der Waals surface area contributed by atoms with E-state index in [0.717, 1.165) is 42.5 Å². The van der Waals surface area contributed by atoms with Gasteiger partial charge >= 0.3 is 5.82 Å². The van der Waals surface area contributed by atoms with Crippen LogP contribution < -0.4 is 5.06 Å². The first-order valence-corrected chi connectivity index (χ1v) is 10.8. The highest BCUT2D eigenvalue weighted by atomic mass is 16.5. The number of nitrogens with zero attached hydrogens (tertiary/aromatic N) is 3. The molecule has 1 aromatic heterocycles. The third-order valence-electron chi connectivity index (χ3n) is 5.49. The molecule has 4 aromatic rings. The molecule has 0 bridgehead atoms. The van der Waals surface area contributed by atoms with Gasteiger partial charge in [-0.25, -0.2) is 0 Å². The normalized spacial score (nSPS) is 12.3. The van der Waals surface area contributed by atoms with Crippen LogP contribution in [0.4, 0.5) is 11.6 Å². The molecule has 32 heavy (non-hydrogen) atoms. The van der Waals surface area contributed by atoms with Gasteiger partial charge in [0.1, 0.15) is 5.54 Å². The van der Waals surface area contributed by atoms with Gasteiger partial charge in [-0.1, -0.05) is 53.4 Å². The number of hydroxylamine groups is 1. The average molecular weight is 428 g/mol. The van der Waals surface area contributed by atoms with Crippen LogP contribution in [-0.4, -0.2) is 20.8 Å². The summed E-state index contributed by atoms with van der Waals surface area (Å²) >= 11 is 0. The summed E-state index contributed by atoms with van der Waals surface area (Å²) in [5.74, 6) is 0.458. The van der Waals surface area contributed by atoms with Crippen LogP contribution in [0.1, 0.15) is 41.5 Å². The van der Waals surface area contributed by atoms with Crippen LogP contribution in [-0.2, 0) is 0 Å². The van der Waals surface area contributed by atoms with Crippen molar-refractivity contribution in [2.24, 2.45) is 0 Å². The third-order valence-corrected chi connectivity index (χ3v) is 5.49. The largest absolute Gasteiger partial charge is 0.755 e. The lowest BCUT2D eigenvalue weighted by Gasteiger charge is -2.40. The summed E-state index contributed by atoms with van der Waals surface area (Å²) in [7, 11) is 0. The fraction of sp³-hybridized carbons (Fsp3) is 0.296. The fourth-order valence-electron chi connectivity index (χ4n) is 3.87. The number of fused-ring (bicyclic) bond motifs is 2. The van der Waals surface area contributed by atoms with Crippen molar-refractivity contribution in [1.29, 1.82) is 0 Å². The van der Waals surface area contributed by atoms with Crippen molar-refractivity contribution in [1.82, 2.24) is 4.98 Å². The lowest BCUT2D eigenvalue weighted by Crippen LogP contribution is -2.37. The summed E-state index contributed by atoms with van der Waals surface area (Å²) in [5, 5.41) is 18.3. The summed E-state index contributed by atoms with van der Waals surface area (Å²) in [6.07, 6.45) is 0. The smallest absolute Gasteiger partial charge is 0.364 e. The highest BCUT2D eigenvalue weighted by Gasteiger charge is 2.31.